The van der Waals surface area contributed by atoms with E-state index in [1.807, 2.05) is 14.0 Å². The van der Waals surface area contributed by atoms with Gasteiger partial charge in [-0.2, -0.15) is 0 Å². The van der Waals surface area contributed by atoms with E-state index < -0.39 is 0 Å². The Morgan fingerprint density at radius 3 is 2.92 bits per heavy atom. The Morgan fingerprint density at radius 1 is 1.54 bits per heavy atom. The summed E-state index contributed by atoms with van der Waals surface area (Å²) in [5.74, 6) is 0. The standard InChI is InChI=1S/C9H11N3O/c1-3-12-9(13)7-5-4-6-10-8(7)11(12)2/h4-6H,3H2,1-2H3. The molecule has 0 saturated carbocycles. The van der Waals surface area contributed by atoms with Crippen LogP contribution in [-0.4, -0.2) is 14.3 Å². The maximum absolute atomic E-state index is 11.7. The summed E-state index contributed by atoms with van der Waals surface area (Å²) >= 11 is 0. The van der Waals surface area contributed by atoms with E-state index in [-0.39, 0.29) is 5.56 Å². The van der Waals surface area contributed by atoms with Gasteiger partial charge in [0.2, 0.25) is 0 Å². The fraction of sp³-hybridized carbons (Fsp3) is 0.333. The molecule has 4 heteroatoms. The van der Waals surface area contributed by atoms with Crippen LogP contribution in [0.2, 0.25) is 0 Å². The first-order valence-corrected chi connectivity index (χ1v) is 4.26. The van der Waals surface area contributed by atoms with Gasteiger partial charge in [0.1, 0.15) is 0 Å². The van der Waals surface area contributed by atoms with E-state index in [1.54, 1.807) is 27.7 Å². The molecule has 0 bridgehead atoms. The zero-order valence-electron chi connectivity index (χ0n) is 7.69. The van der Waals surface area contributed by atoms with Gasteiger partial charge in [-0.25, -0.2) is 9.67 Å². The maximum atomic E-state index is 11.7. The summed E-state index contributed by atoms with van der Waals surface area (Å²) in [6.45, 7) is 2.62. The average Bonchev–Trinajstić information content (AvgIpc) is 2.41. The van der Waals surface area contributed by atoms with Gasteiger partial charge in [-0.1, -0.05) is 0 Å². The van der Waals surface area contributed by atoms with Crippen LogP contribution in [0.3, 0.4) is 0 Å². The molecule has 0 atom stereocenters. The lowest BCUT2D eigenvalue weighted by molar-refractivity contribution is 0.529. The molecule has 4 nitrogen and oxygen atoms in total. The number of aromatic nitrogens is 3. The van der Waals surface area contributed by atoms with Gasteiger partial charge in [-0.3, -0.25) is 9.48 Å². The van der Waals surface area contributed by atoms with Crippen LogP contribution in [0.1, 0.15) is 6.92 Å². The highest BCUT2D eigenvalue weighted by Crippen LogP contribution is 2.04. The quantitative estimate of drug-likeness (QED) is 0.645. The lowest BCUT2D eigenvalue weighted by Gasteiger charge is -2.01. The van der Waals surface area contributed by atoms with Crippen LogP contribution in [-0.2, 0) is 13.6 Å². The predicted molar refractivity (Wildman–Crippen MR) is 50.6 cm³/mol. The Kier molecular flexibility index (Phi) is 1.69. The van der Waals surface area contributed by atoms with Crippen molar-refractivity contribution in [3.8, 4) is 0 Å². The van der Waals surface area contributed by atoms with Crippen molar-refractivity contribution in [1.29, 1.82) is 0 Å². The minimum absolute atomic E-state index is 0.0353. The lowest BCUT2D eigenvalue weighted by Crippen LogP contribution is -2.19. The lowest BCUT2D eigenvalue weighted by atomic mass is 10.3. The largest absolute Gasteiger partial charge is 0.276 e. The monoisotopic (exact) mass is 177 g/mol. The first-order chi connectivity index (χ1) is 6.25. The molecule has 0 aliphatic carbocycles. The van der Waals surface area contributed by atoms with Crippen molar-refractivity contribution in [3.63, 3.8) is 0 Å². The van der Waals surface area contributed by atoms with Crippen LogP contribution >= 0.6 is 0 Å². The Bertz CT molecular complexity index is 495. The molecule has 0 radical (unpaired) electrons. The molecule has 0 fully saturated rings. The predicted octanol–water partition coefficient (Wildman–Crippen LogP) is 0.755. The Balaban J connectivity index is 2.97. The number of aryl methyl sites for hydroxylation is 1. The van der Waals surface area contributed by atoms with Gasteiger partial charge in [-0.15, -0.1) is 0 Å². The Labute approximate surface area is 75.4 Å². The Morgan fingerprint density at radius 2 is 2.31 bits per heavy atom. The minimum Gasteiger partial charge on any atom is -0.268 e. The van der Waals surface area contributed by atoms with Crippen molar-refractivity contribution in [1.82, 2.24) is 14.3 Å². The number of pyridine rings is 1. The molecule has 0 amide bonds. The molecule has 2 heterocycles. The topological polar surface area (TPSA) is 39.8 Å². The smallest absolute Gasteiger partial charge is 0.268 e. The number of nitrogens with zero attached hydrogens (tertiary/aromatic N) is 3. The normalized spacial score (nSPS) is 10.9. The van der Waals surface area contributed by atoms with Crippen LogP contribution in [0.25, 0.3) is 11.0 Å². The highest BCUT2D eigenvalue weighted by Gasteiger charge is 2.08. The van der Waals surface area contributed by atoms with Gasteiger partial charge in [0.15, 0.2) is 5.65 Å². The molecule has 13 heavy (non-hydrogen) atoms. The molecule has 0 unspecified atom stereocenters. The number of rotatable bonds is 1. The van der Waals surface area contributed by atoms with Gasteiger partial charge in [0, 0.05) is 19.8 Å². The van der Waals surface area contributed by atoms with Gasteiger partial charge in [-0.05, 0) is 19.1 Å². The summed E-state index contributed by atoms with van der Waals surface area (Å²) in [6, 6.07) is 3.58. The summed E-state index contributed by atoms with van der Waals surface area (Å²) in [4.78, 5) is 15.8. The zero-order valence-corrected chi connectivity index (χ0v) is 7.69. The third-order valence-electron chi connectivity index (χ3n) is 2.22. The highest BCUT2D eigenvalue weighted by molar-refractivity contribution is 5.73. The van der Waals surface area contributed by atoms with Crippen molar-refractivity contribution in [3.05, 3.63) is 28.7 Å². The van der Waals surface area contributed by atoms with E-state index in [0.717, 1.165) is 5.65 Å². The van der Waals surface area contributed by atoms with E-state index in [0.29, 0.717) is 11.9 Å². The molecular formula is C9H11N3O. The van der Waals surface area contributed by atoms with Crippen LogP contribution in [0.4, 0.5) is 0 Å². The molecule has 2 aromatic rings. The molecule has 68 valence electrons. The summed E-state index contributed by atoms with van der Waals surface area (Å²) < 4.78 is 3.45. The SMILES string of the molecule is CCn1c(=O)c2cccnc2n1C. The van der Waals surface area contributed by atoms with Crippen LogP contribution in [0.5, 0.6) is 0 Å². The van der Waals surface area contributed by atoms with Crippen LogP contribution in [0, 0.1) is 0 Å². The van der Waals surface area contributed by atoms with Crippen molar-refractivity contribution in [2.45, 2.75) is 13.5 Å². The highest BCUT2D eigenvalue weighted by atomic mass is 16.1. The number of hydrogen-bond donors (Lipinski definition) is 0. The summed E-state index contributed by atoms with van der Waals surface area (Å²) in [7, 11) is 1.85. The summed E-state index contributed by atoms with van der Waals surface area (Å²) in [5, 5.41) is 0.687. The summed E-state index contributed by atoms with van der Waals surface area (Å²) in [6.07, 6.45) is 1.70. The van der Waals surface area contributed by atoms with Crippen molar-refractivity contribution >= 4 is 11.0 Å². The van der Waals surface area contributed by atoms with Crippen molar-refractivity contribution in [2.24, 2.45) is 7.05 Å². The molecule has 2 rings (SSSR count). The van der Waals surface area contributed by atoms with Crippen molar-refractivity contribution < 1.29 is 0 Å². The molecule has 0 aliphatic rings. The van der Waals surface area contributed by atoms with Crippen LogP contribution < -0.4 is 5.56 Å². The van der Waals surface area contributed by atoms with E-state index in [1.165, 1.54) is 0 Å². The molecule has 0 N–H and O–H groups in total. The molecule has 0 aromatic carbocycles. The van der Waals surface area contributed by atoms with E-state index in [4.69, 9.17) is 0 Å². The molecule has 0 saturated heterocycles. The summed E-state index contributed by atoms with van der Waals surface area (Å²) in [5.41, 5.74) is 0.780. The van der Waals surface area contributed by atoms with E-state index in [2.05, 4.69) is 4.98 Å². The van der Waals surface area contributed by atoms with Crippen molar-refractivity contribution in [2.75, 3.05) is 0 Å². The Hall–Kier alpha value is -1.58. The second-order valence-electron chi connectivity index (χ2n) is 2.92. The average molecular weight is 177 g/mol. The van der Waals surface area contributed by atoms with Gasteiger partial charge in [0.25, 0.3) is 5.56 Å². The molecular weight excluding hydrogens is 166 g/mol. The molecule has 0 aliphatic heterocycles. The minimum atomic E-state index is 0.0353. The molecule has 0 spiro atoms. The fourth-order valence-electron chi connectivity index (χ4n) is 1.57. The first kappa shape index (κ1) is 8.04. The third kappa shape index (κ3) is 0.983. The van der Waals surface area contributed by atoms with Crippen LogP contribution in [0.15, 0.2) is 23.1 Å². The van der Waals surface area contributed by atoms with E-state index >= 15 is 0 Å². The fourth-order valence-corrected chi connectivity index (χ4v) is 1.57. The second kappa shape index (κ2) is 2.73. The van der Waals surface area contributed by atoms with E-state index in [9.17, 15) is 4.79 Å². The maximum Gasteiger partial charge on any atom is 0.276 e. The number of hydrogen-bond acceptors (Lipinski definition) is 2. The first-order valence-electron chi connectivity index (χ1n) is 4.26. The third-order valence-corrected chi connectivity index (χ3v) is 2.22. The van der Waals surface area contributed by atoms with Gasteiger partial charge in [0.05, 0.1) is 5.39 Å². The second-order valence-corrected chi connectivity index (χ2v) is 2.92. The van der Waals surface area contributed by atoms with Gasteiger partial charge >= 0.3 is 0 Å². The number of fused-ring (bicyclic) bond motifs is 1. The van der Waals surface area contributed by atoms with Gasteiger partial charge < -0.3 is 0 Å². The zero-order chi connectivity index (χ0) is 9.42. The molecule has 2 aromatic heterocycles.